The quantitative estimate of drug-likeness (QED) is 0.293. The first-order valence-corrected chi connectivity index (χ1v) is 13.1. The molecule has 1 fully saturated rings. The van der Waals surface area contributed by atoms with Crippen LogP contribution in [0.4, 0.5) is 20.4 Å². The van der Waals surface area contributed by atoms with Crippen molar-refractivity contribution in [3.05, 3.63) is 65.4 Å². The number of alkyl halides is 2. The summed E-state index contributed by atoms with van der Waals surface area (Å²) in [5.74, 6) is -4.29. The van der Waals surface area contributed by atoms with Crippen LogP contribution in [0.1, 0.15) is 29.5 Å². The van der Waals surface area contributed by atoms with Gasteiger partial charge < -0.3 is 26.7 Å². The van der Waals surface area contributed by atoms with Crippen LogP contribution in [-0.4, -0.2) is 38.9 Å². The summed E-state index contributed by atoms with van der Waals surface area (Å²) in [4.78, 5) is 30.9. The number of H-pyrrole nitrogens is 1. The highest BCUT2D eigenvalue weighted by Crippen LogP contribution is 2.52. The van der Waals surface area contributed by atoms with E-state index in [-0.39, 0.29) is 21.6 Å². The Morgan fingerprint density at radius 2 is 1.82 bits per heavy atom. The summed E-state index contributed by atoms with van der Waals surface area (Å²) in [7, 11) is 0. The molecule has 3 aliphatic rings. The molecule has 9 nitrogen and oxygen atoms in total. The number of benzene rings is 2. The van der Waals surface area contributed by atoms with E-state index >= 15 is 0 Å². The van der Waals surface area contributed by atoms with E-state index in [1.54, 1.807) is 12.1 Å². The van der Waals surface area contributed by atoms with Crippen molar-refractivity contribution >= 4 is 40.6 Å². The van der Waals surface area contributed by atoms with Gasteiger partial charge in [-0.15, -0.1) is 0 Å². The normalized spacial score (nSPS) is 20.5. The Kier molecular flexibility index (Phi) is 4.92. The zero-order valence-corrected chi connectivity index (χ0v) is 21.0. The second-order valence-electron chi connectivity index (χ2n) is 10.2. The van der Waals surface area contributed by atoms with Crippen LogP contribution in [0.3, 0.4) is 0 Å². The third kappa shape index (κ3) is 3.30. The lowest BCUT2D eigenvalue weighted by atomic mass is 9.69. The van der Waals surface area contributed by atoms with E-state index in [0.717, 1.165) is 49.7 Å². The molecule has 1 spiro atoms. The second-order valence-corrected chi connectivity index (χ2v) is 11.3. The minimum Gasteiger partial charge on any atom is -0.342 e. The molecule has 4 heterocycles. The molecule has 0 radical (unpaired) electrons. The monoisotopic (exact) mass is 534 g/mol. The van der Waals surface area contributed by atoms with Gasteiger partial charge in [0.25, 0.3) is 5.91 Å². The van der Waals surface area contributed by atoms with Crippen molar-refractivity contribution in [2.24, 2.45) is 16.9 Å². The van der Waals surface area contributed by atoms with Gasteiger partial charge in [0.1, 0.15) is 5.03 Å². The lowest BCUT2D eigenvalue weighted by molar-refractivity contribution is -0.139. The number of nitrogens with one attached hydrogen (secondary N) is 2. The molecule has 2 aromatic carbocycles. The molecule has 1 aliphatic carbocycles. The summed E-state index contributed by atoms with van der Waals surface area (Å²) in [5, 5.41) is 2.63. The maximum Gasteiger partial charge on any atom is 0.353 e. The van der Waals surface area contributed by atoms with Gasteiger partial charge in [0.2, 0.25) is 5.95 Å². The molecule has 0 unspecified atom stereocenters. The fraction of sp³-hybridized carbons (Fsp3) is 0.308. The fourth-order valence-corrected chi connectivity index (χ4v) is 7.00. The Morgan fingerprint density at radius 1 is 1.03 bits per heavy atom. The third-order valence-corrected chi connectivity index (χ3v) is 9.12. The van der Waals surface area contributed by atoms with Gasteiger partial charge in [-0.1, -0.05) is 42.1 Å². The fourth-order valence-electron chi connectivity index (χ4n) is 6.05. The maximum atomic E-state index is 14.5. The van der Waals surface area contributed by atoms with Crippen molar-refractivity contribution in [1.82, 2.24) is 19.9 Å². The molecule has 12 heteroatoms. The van der Waals surface area contributed by atoms with E-state index in [9.17, 15) is 13.6 Å². The van der Waals surface area contributed by atoms with Crippen molar-refractivity contribution in [2.45, 2.75) is 40.8 Å². The summed E-state index contributed by atoms with van der Waals surface area (Å²) >= 11 is 1.02. The molecule has 2 aromatic heterocycles. The van der Waals surface area contributed by atoms with Crippen molar-refractivity contribution < 1.29 is 13.6 Å². The summed E-state index contributed by atoms with van der Waals surface area (Å²) in [5.41, 5.74) is 15.3. The molecule has 1 saturated heterocycles. The van der Waals surface area contributed by atoms with Crippen LogP contribution in [0, 0.1) is 5.41 Å². The molecule has 0 bridgehead atoms. The first kappa shape index (κ1) is 23.5. The Bertz CT molecular complexity index is 1610. The molecule has 7 rings (SSSR count). The number of imidazole rings is 1. The van der Waals surface area contributed by atoms with Gasteiger partial charge >= 0.3 is 5.92 Å². The summed E-state index contributed by atoms with van der Waals surface area (Å²) < 4.78 is 29.0. The average Bonchev–Trinajstić information content (AvgIpc) is 3.49. The number of piperidine rings is 1. The van der Waals surface area contributed by atoms with Crippen molar-refractivity contribution in [3.63, 3.8) is 0 Å². The van der Waals surface area contributed by atoms with Crippen LogP contribution in [0.2, 0.25) is 0 Å². The Balaban J connectivity index is 1.11. The number of aromatic amines is 1. The number of fused-ring (bicyclic) bond motifs is 3. The SMILES string of the molecule is NC1(N)c2ccccc2CC12CCN(c1nc3nc(Sc4cccc5c4C(F)(F)C(=O)N5)cnc3[nH]1)CC2. The van der Waals surface area contributed by atoms with Crippen LogP contribution < -0.4 is 21.7 Å². The number of anilines is 2. The van der Waals surface area contributed by atoms with Crippen LogP contribution in [0.5, 0.6) is 0 Å². The third-order valence-electron chi connectivity index (χ3n) is 8.15. The topological polar surface area (TPSA) is 139 Å². The maximum absolute atomic E-state index is 14.5. The summed E-state index contributed by atoms with van der Waals surface area (Å²) in [6.45, 7) is 1.44. The molecule has 1 amide bonds. The highest BCUT2D eigenvalue weighted by atomic mass is 32.2. The van der Waals surface area contributed by atoms with Gasteiger partial charge in [0.05, 0.1) is 23.1 Å². The van der Waals surface area contributed by atoms with E-state index in [1.165, 1.54) is 17.8 Å². The highest BCUT2D eigenvalue weighted by molar-refractivity contribution is 7.99. The smallest absolute Gasteiger partial charge is 0.342 e. The average molecular weight is 535 g/mol. The van der Waals surface area contributed by atoms with Gasteiger partial charge in [-0.3, -0.25) is 4.79 Å². The van der Waals surface area contributed by atoms with Crippen LogP contribution in [-0.2, 0) is 22.8 Å². The minimum atomic E-state index is -3.60. The Hall–Kier alpha value is -3.61. The van der Waals surface area contributed by atoms with E-state index in [2.05, 4.69) is 36.2 Å². The number of halogens is 2. The Morgan fingerprint density at radius 3 is 2.61 bits per heavy atom. The largest absolute Gasteiger partial charge is 0.353 e. The summed E-state index contributed by atoms with van der Waals surface area (Å²) in [6, 6.07) is 12.8. The van der Waals surface area contributed by atoms with Crippen molar-refractivity contribution in [2.75, 3.05) is 23.3 Å². The molecule has 38 heavy (non-hydrogen) atoms. The van der Waals surface area contributed by atoms with Crippen molar-refractivity contribution in [3.8, 4) is 0 Å². The Labute approximate surface area is 220 Å². The van der Waals surface area contributed by atoms with Gasteiger partial charge in [0.15, 0.2) is 11.3 Å². The standard InChI is InChI=1S/C26H24F2N8OS/c27-25(28)19-16(32-22(25)37)6-3-7-17(19)38-18-13-31-20-21(33-18)35-23(34-20)36-10-8-24(9-11-36)12-14-4-1-2-5-15(14)26(24,29)30/h1-7,13H,8-12,29-30H2,(H,32,37)(H,31,33,34,35). The van der Waals surface area contributed by atoms with Crippen LogP contribution in [0.15, 0.2) is 58.6 Å². The zero-order valence-electron chi connectivity index (χ0n) is 20.2. The number of rotatable bonds is 3. The predicted octanol–water partition coefficient (Wildman–Crippen LogP) is 3.46. The molecule has 6 N–H and O–H groups in total. The van der Waals surface area contributed by atoms with Gasteiger partial charge in [-0.2, -0.15) is 13.8 Å². The van der Waals surface area contributed by atoms with E-state index in [1.807, 2.05) is 18.2 Å². The number of carbonyl (C=O) groups is 1. The minimum absolute atomic E-state index is 0.105. The first-order chi connectivity index (χ1) is 18.2. The van der Waals surface area contributed by atoms with E-state index in [0.29, 0.717) is 22.3 Å². The van der Waals surface area contributed by atoms with E-state index < -0.39 is 17.5 Å². The molecule has 4 aromatic rings. The molecule has 194 valence electrons. The number of hydrogen-bond donors (Lipinski definition) is 4. The summed E-state index contributed by atoms with van der Waals surface area (Å²) in [6.07, 6.45) is 3.99. The molecular weight excluding hydrogens is 510 g/mol. The van der Waals surface area contributed by atoms with Gasteiger partial charge in [0, 0.05) is 23.4 Å². The van der Waals surface area contributed by atoms with Gasteiger partial charge in [-0.05, 0) is 42.5 Å². The van der Waals surface area contributed by atoms with Crippen LogP contribution >= 0.6 is 11.8 Å². The molecule has 0 atom stereocenters. The first-order valence-electron chi connectivity index (χ1n) is 12.3. The number of hydrogen-bond acceptors (Lipinski definition) is 8. The highest BCUT2D eigenvalue weighted by Gasteiger charge is 2.54. The van der Waals surface area contributed by atoms with Gasteiger partial charge in [-0.25, -0.2) is 9.97 Å². The van der Waals surface area contributed by atoms with Crippen molar-refractivity contribution in [1.29, 1.82) is 0 Å². The number of nitrogens with two attached hydrogens (primary N) is 2. The number of aromatic nitrogens is 4. The molecule has 0 saturated carbocycles. The number of carbonyl (C=O) groups excluding carboxylic acids is 1. The predicted molar refractivity (Wildman–Crippen MR) is 139 cm³/mol. The van der Waals surface area contributed by atoms with E-state index in [4.69, 9.17) is 11.5 Å². The lowest BCUT2D eigenvalue weighted by Crippen LogP contribution is -2.60. The van der Waals surface area contributed by atoms with Crippen LogP contribution in [0.25, 0.3) is 11.3 Å². The lowest BCUT2D eigenvalue weighted by Gasteiger charge is -2.47. The zero-order chi connectivity index (χ0) is 26.3. The number of amides is 1. The second kappa shape index (κ2) is 7.95. The molecule has 2 aliphatic heterocycles. The molecular formula is C26H24F2N8OS. The number of nitrogens with zero attached hydrogens (tertiary/aromatic N) is 4.